The van der Waals surface area contributed by atoms with Gasteiger partial charge < -0.3 is 25.9 Å². The number of rotatable bonds is 7. The summed E-state index contributed by atoms with van der Waals surface area (Å²) in [7, 11) is 5.62. The third kappa shape index (κ3) is 4.76. The lowest BCUT2D eigenvalue weighted by atomic mass is 10.1. The summed E-state index contributed by atoms with van der Waals surface area (Å²) >= 11 is 0. The second-order valence-electron chi connectivity index (χ2n) is 4.50. The van der Waals surface area contributed by atoms with Crippen LogP contribution in [-0.4, -0.2) is 50.2 Å². The molecule has 6 nitrogen and oxygen atoms in total. The molecule has 4 N–H and O–H groups in total. The summed E-state index contributed by atoms with van der Waals surface area (Å²) in [6.07, 6.45) is 0. The van der Waals surface area contributed by atoms with Crippen LogP contribution < -0.4 is 15.8 Å². The van der Waals surface area contributed by atoms with Gasteiger partial charge in [-0.05, 0) is 31.8 Å². The van der Waals surface area contributed by atoms with Crippen LogP contribution in [-0.2, 0) is 6.54 Å². The van der Waals surface area contributed by atoms with E-state index < -0.39 is 0 Å². The highest BCUT2D eigenvalue weighted by Gasteiger charge is 2.08. The molecule has 0 saturated heterocycles. The maximum Gasteiger partial charge on any atom is 0.173 e. The smallest absolute Gasteiger partial charge is 0.173 e. The summed E-state index contributed by atoms with van der Waals surface area (Å²) in [5.74, 6) is 0.638. The van der Waals surface area contributed by atoms with Crippen LogP contribution in [0.25, 0.3) is 0 Å². The van der Waals surface area contributed by atoms with Crippen molar-refractivity contribution < 1.29 is 9.94 Å². The van der Waals surface area contributed by atoms with Crippen molar-refractivity contribution in [2.45, 2.75) is 6.54 Å². The van der Waals surface area contributed by atoms with Crippen LogP contribution in [0.2, 0.25) is 0 Å². The summed E-state index contributed by atoms with van der Waals surface area (Å²) in [6.45, 7) is 2.60. The van der Waals surface area contributed by atoms with Crippen molar-refractivity contribution in [3.63, 3.8) is 0 Å². The van der Waals surface area contributed by atoms with Crippen LogP contribution in [0.1, 0.15) is 11.1 Å². The molecule has 0 fully saturated rings. The van der Waals surface area contributed by atoms with E-state index in [9.17, 15) is 0 Å². The minimum Gasteiger partial charge on any atom is -0.496 e. The number of nitrogens with zero attached hydrogens (tertiary/aromatic N) is 2. The first-order valence-corrected chi connectivity index (χ1v) is 6.08. The Hall–Kier alpha value is -1.79. The molecule has 0 bridgehead atoms. The molecule has 19 heavy (non-hydrogen) atoms. The number of oxime groups is 1. The molecular formula is C13H22N4O2. The van der Waals surface area contributed by atoms with Gasteiger partial charge in [0, 0.05) is 19.6 Å². The molecular weight excluding hydrogens is 244 g/mol. The number of methoxy groups -OCH3 is 1. The van der Waals surface area contributed by atoms with Crippen molar-refractivity contribution >= 4 is 5.84 Å². The van der Waals surface area contributed by atoms with Gasteiger partial charge in [-0.1, -0.05) is 11.2 Å². The van der Waals surface area contributed by atoms with E-state index in [4.69, 9.17) is 15.7 Å². The van der Waals surface area contributed by atoms with Crippen molar-refractivity contribution in [2.24, 2.45) is 10.9 Å². The Bertz CT molecular complexity index is 433. The van der Waals surface area contributed by atoms with Gasteiger partial charge >= 0.3 is 0 Å². The van der Waals surface area contributed by atoms with Crippen LogP contribution in [0.4, 0.5) is 0 Å². The van der Waals surface area contributed by atoms with Crippen molar-refractivity contribution in [3.8, 4) is 5.75 Å². The highest BCUT2D eigenvalue weighted by atomic mass is 16.5. The Balaban J connectivity index is 2.70. The van der Waals surface area contributed by atoms with E-state index in [1.54, 1.807) is 7.11 Å². The quantitative estimate of drug-likeness (QED) is 0.219. The van der Waals surface area contributed by atoms with Crippen molar-refractivity contribution in [2.75, 3.05) is 34.3 Å². The molecule has 1 aromatic carbocycles. The van der Waals surface area contributed by atoms with Gasteiger partial charge in [0.05, 0.1) is 12.7 Å². The number of hydrogen-bond donors (Lipinski definition) is 3. The fourth-order valence-corrected chi connectivity index (χ4v) is 1.65. The van der Waals surface area contributed by atoms with E-state index in [2.05, 4.69) is 15.4 Å². The van der Waals surface area contributed by atoms with Gasteiger partial charge in [0.15, 0.2) is 5.84 Å². The second-order valence-corrected chi connectivity index (χ2v) is 4.50. The monoisotopic (exact) mass is 266 g/mol. The van der Waals surface area contributed by atoms with Crippen LogP contribution in [0.3, 0.4) is 0 Å². The molecule has 0 aromatic heterocycles. The van der Waals surface area contributed by atoms with Gasteiger partial charge in [0.25, 0.3) is 0 Å². The molecule has 1 rings (SSSR count). The van der Waals surface area contributed by atoms with Gasteiger partial charge in [0.2, 0.25) is 0 Å². The Morgan fingerprint density at radius 3 is 2.79 bits per heavy atom. The summed E-state index contributed by atoms with van der Waals surface area (Å²) in [5, 5.41) is 15.1. The molecule has 0 unspecified atom stereocenters. The number of benzene rings is 1. The molecule has 0 saturated carbocycles. The molecule has 0 aliphatic heterocycles. The average molecular weight is 266 g/mol. The SMILES string of the molecule is COc1ccc(CNCCN(C)C)cc1C(N)=NO. The Kier molecular flexibility index (Phi) is 6.11. The minimum atomic E-state index is 0.0481. The van der Waals surface area contributed by atoms with Gasteiger partial charge in [-0.15, -0.1) is 0 Å². The van der Waals surface area contributed by atoms with Gasteiger partial charge in [-0.25, -0.2) is 0 Å². The first kappa shape index (κ1) is 15.3. The fraction of sp³-hybridized carbons (Fsp3) is 0.462. The minimum absolute atomic E-state index is 0.0481. The van der Waals surface area contributed by atoms with Crippen LogP contribution in [0, 0.1) is 0 Å². The first-order chi connectivity index (χ1) is 9.08. The summed E-state index contributed by atoms with van der Waals surface area (Å²) in [4.78, 5) is 2.11. The number of likely N-dealkylation sites (N-methyl/N-ethyl adjacent to an activating group) is 1. The molecule has 0 aliphatic rings. The molecule has 1 aromatic rings. The highest BCUT2D eigenvalue weighted by molar-refractivity contribution is 5.99. The zero-order chi connectivity index (χ0) is 14.3. The zero-order valence-corrected chi connectivity index (χ0v) is 11.7. The lowest BCUT2D eigenvalue weighted by Crippen LogP contribution is -2.26. The number of hydrogen-bond acceptors (Lipinski definition) is 5. The molecule has 0 amide bonds. The van der Waals surface area contributed by atoms with E-state index in [1.165, 1.54) is 0 Å². The van der Waals surface area contributed by atoms with E-state index in [1.807, 2.05) is 32.3 Å². The van der Waals surface area contributed by atoms with Crippen LogP contribution in [0.15, 0.2) is 23.4 Å². The number of nitrogens with two attached hydrogens (primary N) is 1. The molecule has 6 heteroatoms. The largest absolute Gasteiger partial charge is 0.496 e. The van der Waals surface area contributed by atoms with Crippen molar-refractivity contribution in [3.05, 3.63) is 29.3 Å². The number of amidine groups is 1. The fourth-order valence-electron chi connectivity index (χ4n) is 1.65. The van der Waals surface area contributed by atoms with Crippen molar-refractivity contribution in [1.82, 2.24) is 10.2 Å². The van der Waals surface area contributed by atoms with E-state index >= 15 is 0 Å². The maximum absolute atomic E-state index is 8.76. The summed E-state index contributed by atoms with van der Waals surface area (Å²) < 4.78 is 5.18. The Labute approximate surface area is 113 Å². The van der Waals surface area contributed by atoms with Crippen LogP contribution >= 0.6 is 0 Å². The molecule has 106 valence electrons. The Morgan fingerprint density at radius 1 is 1.47 bits per heavy atom. The van der Waals surface area contributed by atoms with Gasteiger partial charge in [0.1, 0.15) is 5.75 Å². The van der Waals surface area contributed by atoms with E-state index in [0.29, 0.717) is 11.3 Å². The summed E-state index contributed by atoms with van der Waals surface area (Å²) in [6, 6.07) is 5.63. The third-order valence-corrected chi connectivity index (χ3v) is 2.71. The summed E-state index contributed by atoms with van der Waals surface area (Å²) in [5.41, 5.74) is 7.28. The molecule has 0 spiro atoms. The normalized spacial score (nSPS) is 11.9. The van der Waals surface area contributed by atoms with Crippen molar-refractivity contribution in [1.29, 1.82) is 0 Å². The number of nitrogens with one attached hydrogen (secondary N) is 1. The molecule has 0 radical (unpaired) electrons. The second kappa shape index (κ2) is 7.60. The first-order valence-electron chi connectivity index (χ1n) is 6.08. The predicted octanol–water partition coefficient (Wildman–Crippen LogP) is 0.441. The van der Waals surface area contributed by atoms with E-state index in [-0.39, 0.29) is 5.84 Å². The molecule has 0 atom stereocenters. The third-order valence-electron chi connectivity index (χ3n) is 2.71. The predicted molar refractivity (Wildman–Crippen MR) is 75.8 cm³/mol. The lowest BCUT2D eigenvalue weighted by Gasteiger charge is -2.12. The molecule has 0 heterocycles. The topological polar surface area (TPSA) is 83.1 Å². The maximum atomic E-state index is 8.76. The highest BCUT2D eigenvalue weighted by Crippen LogP contribution is 2.19. The Morgan fingerprint density at radius 2 is 2.21 bits per heavy atom. The average Bonchev–Trinajstić information content (AvgIpc) is 2.42. The molecule has 0 aliphatic carbocycles. The number of ether oxygens (including phenoxy) is 1. The van der Waals surface area contributed by atoms with Gasteiger partial charge in [-0.3, -0.25) is 0 Å². The standard InChI is InChI=1S/C13H22N4O2/c1-17(2)7-6-15-9-10-4-5-12(19-3)11(8-10)13(14)16-18/h4-5,8,15,18H,6-7,9H2,1-3H3,(H2,14,16). The zero-order valence-electron chi connectivity index (χ0n) is 11.7. The van der Waals surface area contributed by atoms with Crippen LogP contribution in [0.5, 0.6) is 5.75 Å². The lowest BCUT2D eigenvalue weighted by molar-refractivity contribution is 0.318. The van der Waals surface area contributed by atoms with Gasteiger partial charge in [-0.2, -0.15) is 0 Å². The van der Waals surface area contributed by atoms with E-state index in [0.717, 1.165) is 25.2 Å².